The molecular formula is C9H19N3O. The Kier molecular flexibility index (Phi) is 2.81. The van der Waals surface area contributed by atoms with Gasteiger partial charge in [0.25, 0.3) is 0 Å². The Morgan fingerprint density at radius 3 is 2.62 bits per heavy atom. The maximum atomic E-state index is 8.46. The van der Waals surface area contributed by atoms with E-state index in [0.29, 0.717) is 11.5 Å². The van der Waals surface area contributed by atoms with Gasteiger partial charge in [-0.3, -0.25) is 0 Å². The lowest BCUT2D eigenvalue weighted by atomic mass is 9.67. The van der Waals surface area contributed by atoms with Crippen molar-refractivity contribution in [2.24, 2.45) is 16.3 Å². The maximum Gasteiger partial charge on any atom is 0.156 e. The van der Waals surface area contributed by atoms with Gasteiger partial charge in [0.1, 0.15) is 0 Å². The first-order valence-corrected chi connectivity index (χ1v) is 4.71. The Labute approximate surface area is 79.2 Å². The summed E-state index contributed by atoms with van der Waals surface area (Å²) in [6.07, 6.45) is 2.42. The lowest BCUT2D eigenvalue weighted by molar-refractivity contribution is 0.106. The van der Waals surface area contributed by atoms with Gasteiger partial charge in [-0.2, -0.15) is 0 Å². The van der Waals surface area contributed by atoms with E-state index < -0.39 is 0 Å². The summed E-state index contributed by atoms with van der Waals surface area (Å²) in [5, 5.41) is 14.8. The van der Waals surface area contributed by atoms with Crippen molar-refractivity contribution >= 4 is 5.84 Å². The molecule has 2 unspecified atom stereocenters. The van der Waals surface area contributed by atoms with Crippen molar-refractivity contribution in [3.05, 3.63) is 0 Å². The molecule has 1 saturated carbocycles. The minimum Gasteiger partial charge on any atom is -0.409 e. The number of oxime groups is 1. The minimum atomic E-state index is -0.0467. The Morgan fingerprint density at radius 1 is 1.69 bits per heavy atom. The molecule has 2 atom stereocenters. The summed E-state index contributed by atoms with van der Waals surface area (Å²) in [5.74, 6) is 0.253. The summed E-state index contributed by atoms with van der Waals surface area (Å²) in [6, 6.07) is 0.442. The van der Waals surface area contributed by atoms with Gasteiger partial charge in [0.05, 0.1) is 6.04 Å². The summed E-state index contributed by atoms with van der Waals surface area (Å²) < 4.78 is 0. The van der Waals surface area contributed by atoms with Gasteiger partial charge in [-0.25, -0.2) is 0 Å². The predicted octanol–water partition coefficient (Wildman–Crippen LogP) is 0.900. The van der Waals surface area contributed by atoms with Crippen LogP contribution >= 0.6 is 0 Å². The number of nitrogens with one attached hydrogen (secondary N) is 1. The first kappa shape index (κ1) is 10.3. The van der Waals surface area contributed by atoms with Crippen molar-refractivity contribution in [2.75, 3.05) is 0 Å². The minimum absolute atomic E-state index is 0.0467. The molecule has 4 N–H and O–H groups in total. The Hall–Kier alpha value is -0.770. The van der Waals surface area contributed by atoms with Crippen LogP contribution in [0.4, 0.5) is 0 Å². The van der Waals surface area contributed by atoms with Gasteiger partial charge in [0.15, 0.2) is 5.84 Å². The molecule has 0 aromatic rings. The Morgan fingerprint density at radius 2 is 2.31 bits per heavy atom. The third kappa shape index (κ3) is 2.12. The second kappa shape index (κ2) is 3.54. The molecular weight excluding hydrogens is 166 g/mol. The van der Waals surface area contributed by atoms with E-state index in [1.165, 1.54) is 12.8 Å². The van der Waals surface area contributed by atoms with Crippen LogP contribution in [0.5, 0.6) is 0 Å². The monoisotopic (exact) mass is 185 g/mol. The number of nitrogens with zero attached hydrogens (tertiary/aromatic N) is 1. The molecule has 76 valence electrons. The fourth-order valence-corrected chi connectivity index (χ4v) is 1.65. The lowest BCUT2D eigenvalue weighted by Crippen LogP contribution is -2.55. The number of hydrogen-bond donors (Lipinski definition) is 3. The highest BCUT2D eigenvalue weighted by Crippen LogP contribution is 2.40. The molecule has 0 spiro atoms. The summed E-state index contributed by atoms with van der Waals surface area (Å²) in [7, 11) is 0. The lowest BCUT2D eigenvalue weighted by Gasteiger charge is -2.46. The average Bonchev–Trinajstić information content (AvgIpc) is 2.10. The second-order valence-corrected chi connectivity index (χ2v) is 4.49. The maximum absolute atomic E-state index is 8.46. The van der Waals surface area contributed by atoms with Crippen LogP contribution < -0.4 is 11.1 Å². The zero-order valence-electron chi connectivity index (χ0n) is 8.54. The van der Waals surface area contributed by atoms with Crippen molar-refractivity contribution in [3.63, 3.8) is 0 Å². The quantitative estimate of drug-likeness (QED) is 0.265. The third-order valence-corrected chi connectivity index (χ3v) is 3.03. The number of nitrogens with two attached hydrogens (primary N) is 1. The fraction of sp³-hybridized carbons (Fsp3) is 0.889. The largest absolute Gasteiger partial charge is 0.409 e. The molecule has 13 heavy (non-hydrogen) atoms. The van der Waals surface area contributed by atoms with Crippen LogP contribution in [0.1, 0.15) is 33.6 Å². The van der Waals surface area contributed by atoms with Crippen LogP contribution in [0.2, 0.25) is 0 Å². The van der Waals surface area contributed by atoms with Gasteiger partial charge < -0.3 is 16.3 Å². The molecule has 0 aliphatic heterocycles. The highest BCUT2D eigenvalue weighted by Gasteiger charge is 2.38. The van der Waals surface area contributed by atoms with Gasteiger partial charge in [-0.1, -0.05) is 19.0 Å². The van der Waals surface area contributed by atoms with E-state index in [0.717, 1.165) is 0 Å². The van der Waals surface area contributed by atoms with E-state index >= 15 is 0 Å². The van der Waals surface area contributed by atoms with E-state index in [1.54, 1.807) is 0 Å². The molecule has 0 bridgehead atoms. The van der Waals surface area contributed by atoms with Gasteiger partial charge >= 0.3 is 0 Å². The summed E-state index contributed by atoms with van der Waals surface area (Å²) in [6.45, 7) is 6.36. The second-order valence-electron chi connectivity index (χ2n) is 4.49. The average molecular weight is 185 g/mol. The van der Waals surface area contributed by atoms with Gasteiger partial charge in [0.2, 0.25) is 0 Å². The molecule has 1 aliphatic carbocycles. The molecule has 4 heteroatoms. The molecule has 1 rings (SSSR count). The van der Waals surface area contributed by atoms with Crippen molar-refractivity contribution in [2.45, 2.75) is 45.7 Å². The zero-order chi connectivity index (χ0) is 10.1. The van der Waals surface area contributed by atoms with Crippen molar-refractivity contribution in [3.8, 4) is 0 Å². The van der Waals surface area contributed by atoms with Crippen LogP contribution in [0.3, 0.4) is 0 Å². The van der Waals surface area contributed by atoms with E-state index in [9.17, 15) is 0 Å². The Balaban J connectivity index is 2.41. The van der Waals surface area contributed by atoms with Crippen LogP contribution in [0.25, 0.3) is 0 Å². The molecule has 4 nitrogen and oxygen atoms in total. The van der Waals surface area contributed by atoms with E-state index in [4.69, 9.17) is 10.9 Å². The fourth-order valence-electron chi connectivity index (χ4n) is 1.65. The SMILES string of the molecule is CC(NC1CCC1(C)C)/C(N)=N/O. The standard InChI is InChI=1S/C9H19N3O/c1-6(8(10)12-13)11-7-4-5-9(7,2)3/h6-7,11,13H,4-5H2,1-3H3,(H2,10,12). The van der Waals surface area contributed by atoms with Gasteiger partial charge in [0, 0.05) is 6.04 Å². The molecule has 0 aromatic heterocycles. The van der Waals surface area contributed by atoms with Crippen molar-refractivity contribution in [1.82, 2.24) is 5.32 Å². The first-order valence-electron chi connectivity index (χ1n) is 4.71. The molecule has 0 aromatic carbocycles. The smallest absolute Gasteiger partial charge is 0.156 e. The first-order chi connectivity index (χ1) is 5.97. The third-order valence-electron chi connectivity index (χ3n) is 3.03. The van der Waals surface area contributed by atoms with E-state index in [2.05, 4.69) is 24.3 Å². The number of amidine groups is 1. The molecule has 1 aliphatic rings. The van der Waals surface area contributed by atoms with Crippen molar-refractivity contribution < 1.29 is 5.21 Å². The van der Waals surface area contributed by atoms with Crippen LogP contribution in [0.15, 0.2) is 5.16 Å². The number of rotatable bonds is 3. The highest BCUT2D eigenvalue weighted by atomic mass is 16.4. The van der Waals surface area contributed by atoms with E-state index in [-0.39, 0.29) is 11.9 Å². The predicted molar refractivity (Wildman–Crippen MR) is 52.8 cm³/mol. The van der Waals surface area contributed by atoms with Crippen LogP contribution in [-0.2, 0) is 0 Å². The highest BCUT2D eigenvalue weighted by molar-refractivity contribution is 5.84. The topological polar surface area (TPSA) is 70.6 Å². The molecule has 0 saturated heterocycles. The van der Waals surface area contributed by atoms with Gasteiger partial charge in [-0.05, 0) is 25.2 Å². The molecule has 0 radical (unpaired) electrons. The molecule has 0 heterocycles. The van der Waals surface area contributed by atoms with Crippen LogP contribution in [-0.4, -0.2) is 23.1 Å². The molecule has 1 fully saturated rings. The Bertz CT molecular complexity index is 213. The summed E-state index contributed by atoms with van der Waals surface area (Å²) in [5.41, 5.74) is 5.82. The van der Waals surface area contributed by atoms with Crippen LogP contribution in [0, 0.1) is 5.41 Å². The number of hydrogen-bond acceptors (Lipinski definition) is 3. The summed E-state index contributed by atoms with van der Waals surface area (Å²) >= 11 is 0. The normalized spacial score (nSPS) is 29.5. The van der Waals surface area contributed by atoms with Crippen molar-refractivity contribution in [1.29, 1.82) is 0 Å². The summed E-state index contributed by atoms with van der Waals surface area (Å²) in [4.78, 5) is 0. The zero-order valence-corrected chi connectivity index (χ0v) is 8.54. The van der Waals surface area contributed by atoms with Gasteiger partial charge in [-0.15, -0.1) is 0 Å². The van der Waals surface area contributed by atoms with E-state index in [1.807, 2.05) is 6.92 Å². The molecule has 0 amide bonds.